The molecule has 0 aliphatic carbocycles. The van der Waals surface area contributed by atoms with E-state index in [9.17, 15) is 19.5 Å². The second kappa shape index (κ2) is 22.4. The van der Waals surface area contributed by atoms with Gasteiger partial charge < -0.3 is 19.6 Å². The number of aliphatic carboxylic acids is 1. The fraction of sp³-hybridized carbons (Fsp3) is 0.490. The minimum atomic E-state index is -0.889. The molecule has 1 aliphatic heterocycles. The molecule has 2 N–H and O–H groups in total. The van der Waals surface area contributed by atoms with E-state index in [4.69, 9.17) is 9.57 Å². The zero-order chi connectivity index (χ0) is 44.0. The lowest BCUT2D eigenvalue weighted by Crippen LogP contribution is -2.32. The van der Waals surface area contributed by atoms with Crippen LogP contribution in [0.2, 0.25) is 0 Å². The molecule has 0 saturated carbocycles. The highest BCUT2D eigenvalue weighted by Gasteiger charge is 2.33. The molecule has 4 rings (SSSR count). The first-order chi connectivity index (χ1) is 28.5. The highest BCUT2D eigenvalue weighted by atomic mass is 16.6. The maximum absolute atomic E-state index is 13.6. The van der Waals surface area contributed by atoms with Gasteiger partial charge in [-0.05, 0) is 132 Å². The van der Waals surface area contributed by atoms with E-state index in [2.05, 4.69) is 67.3 Å². The van der Waals surface area contributed by atoms with Crippen molar-refractivity contribution in [3.8, 4) is 0 Å². The van der Waals surface area contributed by atoms with Crippen LogP contribution in [0, 0.1) is 36.5 Å². The number of ketones is 1. The molecular weight excluding hydrogens is 751 g/mol. The maximum atomic E-state index is 13.6. The lowest BCUT2D eigenvalue weighted by atomic mass is 9.77. The molecular formula is C51H69N3O6. The van der Waals surface area contributed by atoms with Crippen molar-refractivity contribution < 1.29 is 29.1 Å². The number of Topliss-reactive ketones (excluding diaryl/α,β-unsaturated/α-hetero) is 1. The SMILES string of the molecule is CC=Cc1cc(CC(C(=O)O)C(C)C(C)C(=O)CCC(CC)CCN(CCC)c2ccc(C)cc2)ccc1C1=NOC(c2ccc(NC(=O)OC(C)(C)C)cc2)=CCC1C. The number of carboxylic acid groups (broad SMARTS) is 1. The molecule has 60 heavy (non-hydrogen) atoms. The topological polar surface area (TPSA) is 118 Å². The number of oxime groups is 1. The summed E-state index contributed by atoms with van der Waals surface area (Å²) in [7, 11) is 0. The molecule has 1 aliphatic rings. The van der Waals surface area contributed by atoms with Crippen LogP contribution in [0.3, 0.4) is 0 Å². The quantitative estimate of drug-likeness (QED) is 0.117. The fourth-order valence-electron chi connectivity index (χ4n) is 7.79. The number of ether oxygens (including phenoxy) is 1. The van der Waals surface area contributed by atoms with Crippen molar-refractivity contribution >= 4 is 46.8 Å². The monoisotopic (exact) mass is 820 g/mol. The number of carboxylic acids is 1. The van der Waals surface area contributed by atoms with Gasteiger partial charge in [0.15, 0.2) is 5.76 Å². The molecule has 324 valence electrons. The Bertz CT molecular complexity index is 1970. The van der Waals surface area contributed by atoms with E-state index in [0.717, 1.165) is 66.7 Å². The van der Waals surface area contributed by atoms with Gasteiger partial charge in [-0.3, -0.25) is 14.9 Å². The standard InChI is InChI=1S/C51H69N3O6/c1-11-14-41-32-39(18-26-44(41)48-35(5)17-28-47(60-53-48)40-20-22-42(23-21-40)52-50(58)59-51(8,9)10)33-45(49(56)57)36(6)37(7)46(55)27-19-38(13-3)29-31-54(30-12-2)43-24-15-34(4)16-25-43/h11,14-16,18,20-26,28,32,35-38,45H,12-13,17,19,27,29-31,33H2,1-10H3,(H,52,58)(H,56,57). The van der Waals surface area contributed by atoms with Crippen molar-refractivity contribution in [1.82, 2.24) is 0 Å². The number of aryl methyl sites for hydroxylation is 1. The zero-order valence-corrected chi connectivity index (χ0v) is 37.7. The summed E-state index contributed by atoms with van der Waals surface area (Å²) < 4.78 is 5.36. The fourth-order valence-corrected chi connectivity index (χ4v) is 7.79. The summed E-state index contributed by atoms with van der Waals surface area (Å²) in [4.78, 5) is 47.2. The van der Waals surface area contributed by atoms with E-state index in [1.54, 1.807) is 12.1 Å². The second-order valence-electron chi connectivity index (χ2n) is 17.6. The number of benzene rings is 3. The number of rotatable bonds is 20. The van der Waals surface area contributed by atoms with E-state index in [0.29, 0.717) is 36.6 Å². The first-order valence-corrected chi connectivity index (χ1v) is 21.9. The highest BCUT2D eigenvalue weighted by Crippen LogP contribution is 2.32. The Kier molecular flexibility index (Phi) is 17.8. The minimum Gasteiger partial charge on any atom is -0.481 e. The predicted molar refractivity (Wildman–Crippen MR) is 246 cm³/mol. The van der Waals surface area contributed by atoms with Gasteiger partial charge in [0, 0.05) is 53.8 Å². The van der Waals surface area contributed by atoms with Crippen LogP contribution in [0.5, 0.6) is 0 Å². The smallest absolute Gasteiger partial charge is 0.412 e. The third-order valence-electron chi connectivity index (χ3n) is 11.7. The molecule has 0 bridgehead atoms. The van der Waals surface area contributed by atoms with E-state index in [-0.39, 0.29) is 23.5 Å². The van der Waals surface area contributed by atoms with Crippen molar-refractivity contribution in [3.63, 3.8) is 0 Å². The summed E-state index contributed by atoms with van der Waals surface area (Å²) in [6.07, 6.45) is 10.9. The maximum Gasteiger partial charge on any atom is 0.412 e. The normalized spacial score (nSPS) is 16.4. The third kappa shape index (κ3) is 14.0. The number of anilines is 2. The summed E-state index contributed by atoms with van der Waals surface area (Å²) in [5, 5.41) is 17.9. The van der Waals surface area contributed by atoms with E-state index >= 15 is 0 Å². The van der Waals surface area contributed by atoms with Crippen LogP contribution >= 0.6 is 0 Å². The van der Waals surface area contributed by atoms with Gasteiger partial charge in [0.2, 0.25) is 0 Å². The summed E-state index contributed by atoms with van der Waals surface area (Å²) in [5.41, 5.74) is 6.86. The van der Waals surface area contributed by atoms with Crippen molar-refractivity contribution in [2.75, 3.05) is 23.3 Å². The average Bonchev–Trinajstić information content (AvgIpc) is 3.40. The van der Waals surface area contributed by atoms with Gasteiger partial charge in [-0.15, -0.1) is 0 Å². The number of nitrogens with zero attached hydrogens (tertiary/aromatic N) is 2. The van der Waals surface area contributed by atoms with Crippen LogP contribution in [0.4, 0.5) is 16.2 Å². The molecule has 3 aromatic carbocycles. The minimum absolute atomic E-state index is 0.0416. The molecule has 3 aromatic rings. The first kappa shape index (κ1) is 47.5. The summed E-state index contributed by atoms with van der Waals surface area (Å²) >= 11 is 0. The molecule has 9 nitrogen and oxygen atoms in total. The van der Waals surface area contributed by atoms with Crippen molar-refractivity contribution in [2.45, 2.75) is 120 Å². The lowest BCUT2D eigenvalue weighted by molar-refractivity contribution is -0.144. The molecule has 0 saturated heterocycles. The van der Waals surface area contributed by atoms with Crippen LogP contribution in [0.15, 0.2) is 84.0 Å². The molecule has 0 aromatic heterocycles. The molecule has 1 heterocycles. The number of carbonyl (C=O) groups is 3. The van der Waals surface area contributed by atoms with E-state index < -0.39 is 23.6 Å². The van der Waals surface area contributed by atoms with Crippen LogP contribution in [-0.2, 0) is 25.6 Å². The van der Waals surface area contributed by atoms with Gasteiger partial charge in [-0.2, -0.15) is 0 Å². The van der Waals surface area contributed by atoms with Gasteiger partial charge in [-0.1, -0.05) is 94.2 Å². The van der Waals surface area contributed by atoms with Crippen molar-refractivity contribution in [2.24, 2.45) is 34.7 Å². The van der Waals surface area contributed by atoms with Crippen molar-refractivity contribution in [3.05, 3.63) is 107 Å². The summed E-state index contributed by atoms with van der Waals surface area (Å²) in [6.45, 7) is 21.8. The van der Waals surface area contributed by atoms with Crippen LogP contribution in [-0.4, -0.2) is 47.4 Å². The van der Waals surface area contributed by atoms with Crippen molar-refractivity contribution in [1.29, 1.82) is 0 Å². The number of allylic oxidation sites excluding steroid dienone is 2. The highest BCUT2D eigenvalue weighted by molar-refractivity contribution is 6.05. The molecule has 5 atom stereocenters. The Labute approximate surface area is 359 Å². The van der Waals surface area contributed by atoms with Gasteiger partial charge in [0.25, 0.3) is 0 Å². The molecule has 5 unspecified atom stereocenters. The Morgan fingerprint density at radius 1 is 1.00 bits per heavy atom. The second-order valence-corrected chi connectivity index (χ2v) is 17.6. The first-order valence-electron chi connectivity index (χ1n) is 21.9. The number of carbonyl (C=O) groups excluding carboxylic acids is 2. The third-order valence-corrected chi connectivity index (χ3v) is 11.7. The predicted octanol–water partition coefficient (Wildman–Crippen LogP) is 12.4. The van der Waals surface area contributed by atoms with E-state index in [1.165, 1.54) is 11.3 Å². The Morgan fingerprint density at radius 2 is 1.70 bits per heavy atom. The number of nitrogens with one attached hydrogen (secondary N) is 1. The number of hydrogen-bond donors (Lipinski definition) is 2. The summed E-state index contributed by atoms with van der Waals surface area (Å²) in [6, 6.07) is 22.1. The molecule has 0 spiro atoms. The van der Waals surface area contributed by atoms with Gasteiger partial charge >= 0.3 is 12.1 Å². The number of hydrogen-bond acceptors (Lipinski definition) is 7. The van der Waals surface area contributed by atoms with Gasteiger partial charge in [0.1, 0.15) is 11.4 Å². The average molecular weight is 820 g/mol. The molecule has 0 fully saturated rings. The Balaban J connectivity index is 1.40. The van der Waals surface area contributed by atoms with Crippen LogP contribution in [0.1, 0.15) is 129 Å². The molecule has 9 heteroatoms. The summed E-state index contributed by atoms with van der Waals surface area (Å²) in [5.74, 6) is -1.10. The zero-order valence-electron chi connectivity index (χ0n) is 37.7. The Morgan fingerprint density at radius 3 is 2.32 bits per heavy atom. The van der Waals surface area contributed by atoms with E-state index in [1.807, 2.05) is 90.1 Å². The number of amides is 1. The van der Waals surface area contributed by atoms with Crippen LogP contribution in [0.25, 0.3) is 11.8 Å². The van der Waals surface area contributed by atoms with Crippen LogP contribution < -0.4 is 10.2 Å². The largest absolute Gasteiger partial charge is 0.481 e. The molecule has 0 radical (unpaired) electrons. The lowest BCUT2D eigenvalue weighted by Gasteiger charge is -2.28. The Hall–Kier alpha value is -5.18. The molecule has 1 amide bonds. The van der Waals surface area contributed by atoms with Gasteiger partial charge in [-0.25, -0.2) is 4.79 Å². The van der Waals surface area contributed by atoms with Gasteiger partial charge in [0.05, 0.1) is 11.6 Å².